The number of carbonyl (C=O) groups is 5. The molecule has 0 amide bonds. The summed E-state index contributed by atoms with van der Waals surface area (Å²) in [6, 6.07) is 7.86. The molecule has 2 aromatic rings. The number of hydrogen-bond donors (Lipinski definition) is 1. The summed E-state index contributed by atoms with van der Waals surface area (Å²) >= 11 is 0. The summed E-state index contributed by atoms with van der Waals surface area (Å²) in [6.07, 6.45) is 5.67. The molecule has 2 aliphatic carbocycles. The highest BCUT2D eigenvalue weighted by atomic mass is 16.6. The average molecular weight is 843 g/mol. The molecule has 16 nitrogen and oxygen atoms in total. The van der Waals surface area contributed by atoms with Crippen LogP contribution in [0.15, 0.2) is 35.7 Å². The Labute approximate surface area is 358 Å². The zero-order valence-electron chi connectivity index (χ0n) is 35.8. The fourth-order valence-electron chi connectivity index (χ4n) is 7.44. The number of aliphatic hydroxyl groups is 1. The molecule has 2 fully saturated rings. The predicted octanol–water partition coefficient (Wildman–Crippen LogP) is 5.29. The van der Waals surface area contributed by atoms with Crippen LogP contribution in [0.4, 0.5) is 0 Å². The van der Waals surface area contributed by atoms with Crippen molar-refractivity contribution in [2.45, 2.75) is 118 Å². The lowest BCUT2D eigenvalue weighted by atomic mass is 9.86. The number of pyridine rings is 2. The molecule has 328 valence electrons. The Bertz CT molecular complexity index is 2140. The van der Waals surface area contributed by atoms with E-state index in [1.165, 1.54) is 20.8 Å². The van der Waals surface area contributed by atoms with Crippen molar-refractivity contribution < 1.29 is 48.0 Å². The van der Waals surface area contributed by atoms with Gasteiger partial charge in [0.1, 0.15) is 29.4 Å². The standard InChI is InChI=1S/C21H25N3O4.C19H23N3O3.C4H6O3.CH4/c1-13(28-14(2)25)18-10-16-15(12-23-18)9-19(26)17(11-22)20(16)24-7-5-21(3,27-4)6-8-24;1-12(23)16-9-14-13(11-21-16)8-17(24)15(10-20)18(14)22-6-4-19(2,25-3)5-7-22;1-3(5)7-4(2)6;/h10,12-13H,5-9H2,1-4H3;9,11-12,23H,4-8H2,1-3H3;1-2H3;1H4. The topological polar surface area (TPSA) is 222 Å². The van der Waals surface area contributed by atoms with Crippen LogP contribution in [0.5, 0.6) is 0 Å². The number of aromatic nitrogens is 2. The number of ether oxygens (including phenoxy) is 4. The quantitative estimate of drug-likeness (QED) is 0.276. The Hall–Kier alpha value is -5.81. The number of ketones is 2. The number of rotatable bonds is 7. The van der Waals surface area contributed by atoms with E-state index in [-0.39, 0.29) is 60.2 Å². The zero-order valence-corrected chi connectivity index (χ0v) is 35.8. The predicted molar refractivity (Wildman–Crippen MR) is 223 cm³/mol. The molecule has 0 aromatic carbocycles. The number of esters is 3. The minimum absolute atomic E-state index is 0. The number of methoxy groups -OCH3 is 2. The molecule has 4 aliphatic rings. The number of fused-ring (bicyclic) bond motifs is 2. The molecule has 2 unspecified atom stereocenters. The van der Waals surface area contributed by atoms with Crippen LogP contribution >= 0.6 is 0 Å². The first-order chi connectivity index (χ1) is 28.3. The first-order valence-corrected chi connectivity index (χ1v) is 19.8. The van der Waals surface area contributed by atoms with Crippen molar-refractivity contribution in [1.82, 2.24) is 19.8 Å². The van der Waals surface area contributed by atoms with Gasteiger partial charge in [0.05, 0.1) is 40.1 Å². The van der Waals surface area contributed by atoms with E-state index in [1.807, 2.05) is 12.1 Å². The fourth-order valence-corrected chi connectivity index (χ4v) is 7.44. The van der Waals surface area contributed by atoms with E-state index in [2.05, 4.69) is 50.5 Å². The molecule has 6 rings (SSSR count). The van der Waals surface area contributed by atoms with Gasteiger partial charge in [-0.1, -0.05) is 7.43 Å². The monoisotopic (exact) mass is 842 g/mol. The van der Waals surface area contributed by atoms with Crippen LogP contribution in [0.25, 0.3) is 11.4 Å². The molecule has 0 radical (unpaired) electrons. The molecular formula is C45H58N6O10. The Kier molecular flexibility index (Phi) is 17.2. The van der Waals surface area contributed by atoms with Crippen molar-refractivity contribution >= 4 is 40.9 Å². The smallest absolute Gasteiger partial charge is 0.310 e. The third-order valence-corrected chi connectivity index (χ3v) is 11.2. The lowest BCUT2D eigenvalue weighted by Crippen LogP contribution is -2.43. The van der Waals surface area contributed by atoms with Crippen LogP contribution < -0.4 is 0 Å². The van der Waals surface area contributed by atoms with Crippen LogP contribution in [-0.4, -0.2) is 106 Å². The molecule has 2 aliphatic heterocycles. The average Bonchev–Trinajstić information content (AvgIpc) is 3.20. The van der Waals surface area contributed by atoms with Crippen molar-refractivity contribution in [3.8, 4) is 12.1 Å². The van der Waals surface area contributed by atoms with Crippen molar-refractivity contribution in [3.05, 3.63) is 69.3 Å². The van der Waals surface area contributed by atoms with E-state index in [9.17, 15) is 39.6 Å². The maximum atomic E-state index is 12.6. The molecule has 2 atom stereocenters. The number of nitriles is 2. The van der Waals surface area contributed by atoms with Gasteiger partial charge in [-0.25, -0.2) is 0 Å². The third-order valence-electron chi connectivity index (χ3n) is 11.2. The minimum Gasteiger partial charge on any atom is -0.456 e. The van der Waals surface area contributed by atoms with Gasteiger partial charge in [0.2, 0.25) is 0 Å². The molecule has 0 bridgehead atoms. The van der Waals surface area contributed by atoms with Gasteiger partial charge in [-0.3, -0.25) is 33.9 Å². The maximum absolute atomic E-state index is 12.6. The maximum Gasteiger partial charge on any atom is 0.310 e. The minimum atomic E-state index is -0.701. The lowest BCUT2D eigenvalue weighted by molar-refractivity contribution is -0.156. The summed E-state index contributed by atoms with van der Waals surface area (Å²) < 4.78 is 20.4. The van der Waals surface area contributed by atoms with E-state index in [0.29, 0.717) is 49.0 Å². The van der Waals surface area contributed by atoms with E-state index in [0.717, 1.165) is 47.9 Å². The highest BCUT2D eigenvalue weighted by molar-refractivity contribution is 6.10. The van der Waals surface area contributed by atoms with Crippen molar-refractivity contribution in [2.75, 3.05) is 40.4 Å². The second-order valence-electron chi connectivity index (χ2n) is 15.7. The number of aliphatic hydroxyl groups excluding tert-OH is 1. The largest absolute Gasteiger partial charge is 0.456 e. The Balaban J connectivity index is 0.000000279. The Morgan fingerprint density at radius 3 is 1.41 bits per heavy atom. The Morgan fingerprint density at radius 2 is 1.10 bits per heavy atom. The summed E-state index contributed by atoms with van der Waals surface area (Å²) in [4.78, 5) is 68.7. The fraction of sp³-hybridized carbons (Fsp3) is 0.533. The third kappa shape index (κ3) is 12.2. The molecule has 2 aromatic heterocycles. The second kappa shape index (κ2) is 21.1. The highest BCUT2D eigenvalue weighted by Crippen LogP contribution is 2.39. The number of Topliss-reactive ketones (excluding diaryl/α,β-unsaturated/α-hetero) is 2. The Morgan fingerprint density at radius 1 is 0.721 bits per heavy atom. The zero-order chi connectivity index (χ0) is 44.5. The summed E-state index contributed by atoms with van der Waals surface area (Å²) in [5.74, 6) is -1.87. The summed E-state index contributed by atoms with van der Waals surface area (Å²) in [7, 11) is 3.43. The van der Waals surface area contributed by atoms with Crippen LogP contribution in [0.1, 0.15) is 127 Å². The number of piperidine rings is 2. The van der Waals surface area contributed by atoms with Crippen LogP contribution in [0.3, 0.4) is 0 Å². The van der Waals surface area contributed by atoms with Crippen LogP contribution in [-0.2, 0) is 55.8 Å². The van der Waals surface area contributed by atoms with Gasteiger partial charge < -0.3 is 33.9 Å². The van der Waals surface area contributed by atoms with Gasteiger partial charge in [-0.05, 0) is 76.6 Å². The van der Waals surface area contributed by atoms with Crippen molar-refractivity contribution in [3.63, 3.8) is 0 Å². The van der Waals surface area contributed by atoms with E-state index in [4.69, 9.17) is 14.2 Å². The van der Waals surface area contributed by atoms with Gasteiger partial charge in [0.25, 0.3) is 0 Å². The number of hydrogen-bond acceptors (Lipinski definition) is 16. The summed E-state index contributed by atoms with van der Waals surface area (Å²) in [5.41, 5.74) is 5.75. The number of carbonyl (C=O) groups excluding carboxylic acids is 5. The van der Waals surface area contributed by atoms with Crippen LogP contribution in [0.2, 0.25) is 0 Å². The molecule has 0 saturated carbocycles. The van der Waals surface area contributed by atoms with Crippen molar-refractivity contribution in [2.24, 2.45) is 0 Å². The van der Waals surface area contributed by atoms with Gasteiger partial charge in [0.15, 0.2) is 11.6 Å². The number of allylic oxidation sites excluding steroid dienone is 2. The molecular weight excluding hydrogens is 785 g/mol. The SMILES string of the molecule is C.CC(=O)OC(C)=O.COC1(C)CCN(C2=C(C#N)C(=O)Cc3cnc(C(C)O)cc32)CC1.COC1(C)CCN(C2=C(C#N)C(=O)Cc3cnc(C(C)OC(C)=O)cc32)CC1. The molecule has 0 spiro atoms. The molecule has 2 saturated heterocycles. The molecule has 1 N–H and O–H groups in total. The second-order valence-corrected chi connectivity index (χ2v) is 15.7. The van der Waals surface area contributed by atoms with E-state index < -0.39 is 24.1 Å². The lowest BCUT2D eigenvalue weighted by Gasteiger charge is -2.41. The number of nitrogens with zero attached hydrogens (tertiary/aromatic N) is 6. The highest BCUT2D eigenvalue weighted by Gasteiger charge is 2.37. The summed E-state index contributed by atoms with van der Waals surface area (Å²) in [5, 5.41) is 29.1. The number of likely N-dealkylation sites (tertiary alicyclic amines) is 2. The molecule has 16 heteroatoms. The molecule has 4 heterocycles. The van der Waals surface area contributed by atoms with Gasteiger partial charge >= 0.3 is 17.9 Å². The first-order valence-electron chi connectivity index (χ1n) is 19.8. The van der Waals surface area contributed by atoms with Gasteiger partial charge in [-0.2, -0.15) is 10.5 Å². The first kappa shape index (κ1) is 49.6. The normalized spacial score (nSPS) is 18.5. The van der Waals surface area contributed by atoms with Gasteiger partial charge in [0, 0.05) is 97.5 Å². The van der Waals surface area contributed by atoms with E-state index in [1.54, 1.807) is 40.5 Å². The molecule has 61 heavy (non-hydrogen) atoms. The van der Waals surface area contributed by atoms with E-state index >= 15 is 0 Å². The summed E-state index contributed by atoms with van der Waals surface area (Å²) in [6.45, 7) is 14.1. The van der Waals surface area contributed by atoms with Crippen LogP contribution in [0, 0.1) is 22.7 Å². The van der Waals surface area contributed by atoms with Crippen molar-refractivity contribution in [1.29, 1.82) is 10.5 Å². The van der Waals surface area contributed by atoms with Gasteiger partial charge in [-0.15, -0.1) is 0 Å².